The lowest BCUT2D eigenvalue weighted by Crippen LogP contribution is -2.37. The van der Waals surface area contributed by atoms with Crippen LogP contribution in [-0.4, -0.2) is 44.1 Å². The molecule has 0 radical (unpaired) electrons. The summed E-state index contributed by atoms with van der Waals surface area (Å²) in [7, 11) is 3.03. The molecular formula is C21H23N3O4S. The van der Waals surface area contributed by atoms with E-state index < -0.39 is 0 Å². The highest BCUT2D eigenvalue weighted by molar-refractivity contribution is 7.18. The van der Waals surface area contributed by atoms with Gasteiger partial charge in [0.2, 0.25) is 5.91 Å². The fourth-order valence-electron chi connectivity index (χ4n) is 2.80. The van der Waals surface area contributed by atoms with E-state index in [4.69, 9.17) is 9.47 Å². The van der Waals surface area contributed by atoms with Gasteiger partial charge in [-0.3, -0.25) is 9.59 Å². The van der Waals surface area contributed by atoms with E-state index in [0.717, 1.165) is 23.4 Å². The second-order valence-electron chi connectivity index (χ2n) is 6.28. The van der Waals surface area contributed by atoms with Crippen molar-refractivity contribution in [3.05, 3.63) is 53.0 Å². The number of benzene rings is 2. The van der Waals surface area contributed by atoms with Crippen molar-refractivity contribution in [2.75, 3.05) is 27.3 Å². The van der Waals surface area contributed by atoms with Crippen molar-refractivity contribution in [2.45, 2.75) is 12.8 Å². The molecule has 3 aromatic rings. The van der Waals surface area contributed by atoms with Crippen LogP contribution in [0.2, 0.25) is 0 Å². The van der Waals surface area contributed by atoms with Gasteiger partial charge in [0.25, 0.3) is 5.91 Å². The van der Waals surface area contributed by atoms with E-state index >= 15 is 0 Å². The molecule has 0 fully saturated rings. The number of methoxy groups -OCH3 is 2. The van der Waals surface area contributed by atoms with Gasteiger partial charge in [0.15, 0.2) is 11.5 Å². The third-order valence-electron chi connectivity index (χ3n) is 4.28. The lowest BCUT2D eigenvalue weighted by molar-refractivity contribution is -0.120. The summed E-state index contributed by atoms with van der Waals surface area (Å²) in [5, 5.41) is 6.48. The number of aromatic nitrogens is 1. The fourth-order valence-corrected chi connectivity index (χ4v) is 3.81. The first-order chi connectivity index (χ1) is 14.1. The first-order valence-electron chi connectivity index (χ1n) is 9.22. The standard InChI is InChI=1S/C21H23N3O4S/c1-27-16-10-9-14(12-17(16)28-2)21(26)23-13-19(25)22-11-5-8-20-24-15-6-3-4-7-18(15)29-20/h3-4,6-7,9-10,12H,5,8,11,13H2,1-2H3,(H,22,25)(H,23,26). The molecule has 0 spiro atoms. The van der Waals surface area contributed by atoms with Crippen molar-refractivity contribution >= 4 is 33.4 Å². The molecule has 1 aromatic heterocycles. The van der Waals surface area contributed by atoms with E-state index in [9.17, 15) is 9.59 Å². The summed E-state index contributed by atoms with van der Waals surface area (Å²) in [6.45, 7) is 0.440. The van der Waals surface area contributed by atoms with E-state index in [1.54, 1.807) is 29.5 Å². The Kier molecular flexibility index (Phi) is 7.02. The van der Waals surface area contributed by atoms with Crippen LogP contribution in [0.15, 0.2) is 42.5 Å². The molecule has 0 saturated heterocycles. The Morgan fingerprint density at radius 2 is 1.83 bits per heavy atom. The number of fused-ring (bicyclic) bond motifs is 1. The SMILES string of the molecule is COc1ccc(C(=O)NCC(=O)NCCCc2nc3ccccc3s2)cc1OC. The molecule has 2 amide bonds. The molecule has 29 heavy (non-hydrogen) atoms. The number of amides is 2. The Hall–Kier alpha value is -3.13. The predicted molar refractivity (Wildman–Crippen MR) is 113 cm³/mol. The Labute approximate surface area is 173 Å². The van der Waals surface area contributed by atoms with Crippen molar-refractivity contribution in [1.29, 1.82) is 0 Å². The molecular weight excluding hydrogens is 390 g/mol. The van der Waals surface area contributed by atoms with Gasteiger partial charge in [0.1, 0.15) is 0 Å². The first kappa shape index (κ1) is 20.6. The van der Waals surface area contributed by atoms with E-state index in [1.165, 1.54) is 18.9 Å². The summed E-state index contributed by atoms with van der Waals surface area (Å²) in [6.07, 6.45) is 1.59. The normalized spacial score (nSPS) is 10.6. The molecule has 0 unspecified atom stereocenters. The van der Waals surface area contributed by atoms with Gasteiger partial charge in [0, 0.05) is 18.5 Å². The zero-order valence-corrected chi connectivity index (χ0v) is 17.2. The number of carbonyl (C=O) groups excluding carboxylic acids is 2. The average Bonchev–Trinajstić information content (AvgIpc) is 3.17. The quantitative estimate of drug-likeness (QED) is 0.527. The maximum Gasteiger partial charge on any atom is 0.251 e. The van der Waals surface area contributed by atoms with Gasteiger partial charge in [-0.1, -0.05) is 12.1 Å². The van der Waals surface area contributed by atoms with Crippen LogP contribution in [0, 0.1) is 0 Å². The molecule has 7 nitrogen and oxygen atoms in total. The minimum Gasteiger partial charge on any atom is -0.493 e. The Morgan fingerprint density at radius 3 is 2.59 bits per heavy atom. The molecule has 2 N–H and O–H groups in total. The highest BCUT2D eigenvalue weighted by atomic mass is 32.1. The van der Waals surface area contributed by atoms with Gasteiger partial charge >= 0.3 is 0 Å². The zero-order chi connectivity index (χ0) is 20.6. The number of hydrogen-bond donors (Lipinski definition) is 2. The van der Waals surface area contributed by atoms with E-state index in [-0.39, 0.29) is 18.4 Å². The summed E-state index contributed by atoms with van der Waals surface area (Å²) < 4.78 is 11.5. The summed E-state index contributed by atoms with van der Waals surface area (Å²) in [5.41, 5.74) is 1.40. The lowest BCUT2D eigenvalue weighted by atomic mass is 10.2. The first-order valence-corrected chi connectivity index (χ1v) is 10.0. The van der Waals surface area contributed by atoms with Gasteiger partial charge in [-0.25, -0.2) is 4.98 Å². The number of ether oxygens (including phenoxy) is 2. The van der Waals surface area contributed by atoms with Crippen molar-refractivity contribution in [1.82, 2.24) is 15.6 Å². The molecule has 0 aliphatic rings. The topological polar surface area (TPSA) is 89.5 Å². The van der Waals surface area contributed by atoms with Crippen LogP contribution < -0.4 is 20.1 Å². The second-order valence-corrected chi connectivity index (χ2v) is 7.40. The van der Waals surface area contributed by atoms with Crippen LogP contribution in [0.4, 0.5) is 0 Å². The highest BCUT2D eigenvalue weighted by Crippen LogP contribution is 2.27. The Balaban J connectivity index is 1.40. The number of nitrogens with one attached hydrogen (secondary N) is 2. The third kappa shape index (κ3) is 5.45. The predicted octanol–water partition coefficient (Wildman–Crippen LogP) is 2.79. The van der Waals surface area contributed by atoms with E-state index in [0.29, 0.717) is 23.6 Å². The van der Waals surface area contributed by atoms with Crippen molar-refractivity contribution in [3.63, 3.8) is 0 Å². The van der Waals surface area contributed by atoms with Crippen LogP contribution in [0.5, 0.6) is 11.5 Å². The number of thiazole rings is 1. The summed E-state index contributed by atoms with van der Waals surface area (Å²) in [4.78, 5) is 28.8. The smallest absolute Gasteiger partial charge is 0.251 e. The summed E-state index contributed by atoms with van der Waals surface area (Å²) >= 11 is 1.67. The van der Waals surface area contributed by atoms with Crippen molar-refractivity contribution < 1.29 is 19.1 Å². The van der Waals surface area contributed by atoms with Crippen LogP contribution in [-0.2, 0) is 11.2 Å². The molecule has 0 aliphatic carbocycles. The average molecular weight is 413 g/mol. The fraction of sp³-hybridized carbons (Fsp3) is 0.286. The maximum atomic E-state index is 12.2. The number of aryl methyl sites for hydroxylation is 1. The number of nitrogens with zero attached hydrogens (tertiary/aromatic N) is 1. The van der Waals surface area contributed by atoms with Crippen LogP contribution in [0.25, 0.3) is 10.2 Å². The van der Waals surface area contributed by atoms with E-state index in [1.807, 2.05) is 18.2 Å². The monoisotopic (exact) mass is 413 g/mol. The van der Waals surface area contributed by atoms with Gasteiger partial charge in [-0.15, -0.1) is 11.3 Å². The van der Waals surface area contributed by atoms with Crippen LogP contribution in [0.1, 0.15) is 21.8 Å². The number of para-hydroxylation sites is 1. The number of hydrogen-bond acceptors (Lipinski definition) is 6. The molecule has 2 aromatic carbocycles. The van der Waals surface area contributed by atoms with Crippen molar-refractivity contribution in [3.8, 4) is 11.5 Å². The number of carbonyl (C=O) groups is 2. The van der Waals surface area contributed by atoms with Crippen LogP contribution >= 0.6 is 11.3 Å². The molecule has 0 atom stereocenters. The Morgan fingerprint density at radius 1 is 1.03 bits per heavy atom. The molecule has 3 rings (SSSR count). The minimum absolute atomic E-state index is 0.0890. The van der Waals surface area contributed by atoms with Gasteiger partial charge in [-0.05, 0) is 36.8 Å². The Bertz CT molecular complexity index is 970. The minimum atomic E-state index is -0.351. The third-order valence-corrected chi connectivity index (χ3v) is 5.38. The second kappa shape index (κ2) is 9.88. The molecule has 0 saturated carbocycles. The molecule has 0 bridgehead atoms. The largest absolute Gasteiger partial charge is 0.493 e. The highest BCUT2D eigenvalue weighted by Gasteiger charge is 2.12. The van der Waals surface area contributed by atoms with Gasteiger partial charge in [0.05, 0.1) is 36.0 Å². The molecule has 0 aliphatic heterocycles. The zero-order valence-electron chi connectivity index (χ0n) is 16.4. The maximum absolute atomic E-state index is 12.2. The van der Waals surface area contributed by atoms with Crippen molar-refractivity contribution in [2.24, 2.45) is 0 Å². The van der Waals surface area contributed by atoms with E-state index in [2.05, 4.69) is 21.7 Å². The van der Waals surface area contributed by atoms with Gasteiger partial charge < -0.3 is 20.1 Å². The summed E-state index contributed by atoms with van der Waals surface area (Å²) in [5.74, 6) is 0.410. The molecule has 1 heterocycles. The molecule has 8 heteroatoms. The summed E-state index contributed by atoms with van der Waals surface area (Å²) in [6, 6.07) is 12.9. The van der Waals surface area contributed by atoms with Gasteiger partial charge in [-0.2, -0.15) is 0 Å². The lowest BCUT2D eigenvalue weighted by Gasteiger charge is -2.10. The number of rotatable bonds is 9. The molecule has 152 valence electrons. The van der Waals surface area contributed by atoms with Crippen LogP contribution in [0.3, 0.4) is 0 Å².